The van der Waals surface area contributed by atoms with Gasteiger partial charge in [-0.1, -0.05) is 218 Å². The number of rotatable bonds is 40. The average molecular weight is 655 g/mol. The first-order valence-electron chi connectivity index (χ1n) is 21.0. The Morgan fingerprint density at radius 3 is 0.511 bits per heavy atom. The molecule has 0 aromatic heterocycles. The molecular formula is C40H86N2O2Si. The zero-order valence-corrected chi connectivity index (χ0v) is 31.8. The Morgan fingerprint density at radius 2 is 0.356 bits per heavy atom. The average Bonchev–Trinajstić information content (AvgIpc) is 3.03. The largest absolute Gasteiger partial charge is 0.411 e. The minimum atomic E-state index is -2.94. The van der Waals surface area contributed by atoms with Gasteiger partial charge >= 0.3 is 8.56 Å². The summed E-state index contributed by atoms with van der Waals surface area (Å²) in [5.74, 6) is 0. The van der Waals surface area contributed by atoms with Crippen LogP contribution in [-0.2, 0) is 0 Å². The second kappa shape index (κ2) is 38.5. The van der Waals surface area contributed by atoms with Gasteiger partial charge in [0, 0.05) is 0 Å². The van der Waals surface area contributed by atoms with E-state index >= 15 is 0 Å². The van der Waals surface area contributed by atoms with Gasteiger partial charge < -0.3 is 21.1 Å². The highest BCUT2D eigenvalue weighted by atomic mass is 28.4. The summed E-state index contributed by atoms with van der Waals surface area (Å²) in [6, 6.07) is 1.38. The third-order valence-corrected chi connectivity index (χ3v) is 12.4. The van der Waals surface area contributed by atoms with Crippen molar-refractivity contribution in [2.75, 3.05) is 13.1 Å². The molecule has 0 aliphatic rings. The van der Waals surface area contributed by atoms with Crippen LogP contribution in [0.3, 0.4) is 0 Å². The Bertz CT molecular complexity index is 490. The standard InChI is InChI=1S/C40H86N2O2Si/c41-37-33-29-25-21-17-13-9-5-1-3-7-11-15-19-23-27-31-35-39-45(43,44)40-36-32-28-24-20-16-12-8-4-2-6-10-14-18-22-26-30-34-38-42/h43-44H,1-42H2. The van der Waals surface area contributed by atoms with Crippen molar-refractivity contribution in [1.29, 1.82) is 0 Å². The van der Waals surface area contributed by atoms with E-state index < -0.39 is 8.56 Å². The van der Waals surface area contributed by atoms with E-state index in [1.807, 2.05) is 0 Å². The summed E-state index contributed by atoms with van der Waals surface area (Å²) >= 11 is 0. The summed E-state index contributed by atoms with van der Waals surface area (Å²) in [6.07, 6.45) is 48.5. The van der Waals surface area contributed by atoms with Gasteiger partial charge in [0.05, 0.1) is 0 Å². The fraction of sp³-hybridized carbons (Fsp3) is 1.00. The molecule has 0 unspecified atom stereocenters. The van der Waals surface area contributed by atoms with E-state index in [2.05, 4.69) is 0 Å². The topological polar surface area (TPSA) is 92.5 Å². The molecule has 0 atom stereocenters. The molecule has 0 bridgehead atoms. The lowest BCUT2D eigenvalue weighted by Gasteiger charge is -2.17. The van der Waals surface area contributed by atoms with E-state index in [-0.39, 0.29) is 0 Å². The van der Waals surface area contributed by atoms with Crippen LogP contribution in [0.15, 0.2) is 0 Å². The van der Waals surface area contributed by atoms with Crippen molar-refractivity contribution in [3.63, 3.8) is 0 Å². The normalized spacial score (nSPS) is 12.0. The summed E-state index contributed by atoms with van der Waals surface area (Å²) < 4.78 is 0. The predicted molar refractivity (Wildman–Crippen MR) is 204 cm³/mol. The molecule has 0 fully saturated rings. The van der Waals surface area contributed by atoms with Crippen LogP contribution in [0.2, 0.25) is 12.1 Å². The Morgan fingerprint density at radius 1 is 0.222 bits per heavy atom. The molecule has 0 aliphatic carbocycles. The summed E-state index contributed by atoms with van der Waals surface area (Å²) in [7, 11) is -2.94. The number of hydrogen-bond acceptors (Lipinski definition) is 4. The molecule has 5 heteroatoms. The van der Waals surface area contributed by atoms with Gasteiger partial charge in [-0.25, -0.2) is 0 Å². The van der Waals surface area contributed by atoms with Crippen LogP contribution in [-0.4, -0.2) is 31.2 Å². The number of unbranched alkanes of at least 4 members (excludes halogenated alkanes) is 34. The molecule has 0 aliphatic heterocycles. The van der Waals surface area contributed by atoms with Crippen molar-refractivity contribution in [3.05, 3.63) is 0 Å². The Hall–Kier alpha value is 0.0569. The Labute approximate surface area is 285 Å². The highest BCUT2D eigenvalue weighted by Crippen LogP contribution is 2.20. The van der Waals surface area contributed by atoms with Crippen molar-refractivity contribution in [2.24, 2.45) is 11.5 Å². The van der Waals surface area contributed by atoms with Gasteiger partial charge in [-0.05, 0) is 38.0 Å². The maximum atomic E-state index is 10.5. The van der Waals surface area contributed by atoms with Gasteiger partial charge in [0.15, 0.2) is 0 Å². The van der Waals surface area contributed by atoms with E-state index in [1.54, 1.807) is 0 Å². The second-order valence-corrected chi connectivity index (χ2v) is 17.8. The SMILES string of the molecule is NCCCCCCCCCCCCCCCCCCCC[Si](O)(O)CCCCCCCCCCCCCCCCCCCCN. The van der Waals surface area contributed by atoms with Crippen LogP contribution in [0, 0.1) is 0 Å². The van der Waals surface area contributed by atoms with Crippen LogP contribution < -0.4 is 11.5 Å². The van der Waals surface area contributed by atoms with Gasteiger partial charge in [-0.3, -0.25) is 0 Å². The van der Waals surface area contributed by atoms with E-state index in [9.17, 15) is 9.59 Å². The minimum Gasteiger partial charge on any atom is -0.411 e. The van der Waals surface area contributed by atoms with Gasteiger partial charge in [0.1, 0.15) is 0 Å². The van der Waals surface area contributed by atoms with Crippen LogP contribution in [0.5, 0.6) is 0 Å². The maximum Gasteiger partial charge on any atom is 0.332 e. The number of hydrogen-bond donors (Lipinski definition) is 4. The molecular weight excluding hydrogens is 569 g/mol. The van der Waals surface area contributed by atoms with Gasteiger partial charge in [0.2, 0.25) is 0 Å². The molecule has 45 heavy (non-hydrogen) atoms. The first-order chi connectivity index (χ1) is 22.1. The van der Waals surface area contributed by atoms with Crippen molar-refractivity contribution >= 4 is 8.56 Å². The Balaban J connectivity index is 3.25. The highest BCUT2D eigenvalue weighted by molar-refractivity contribution is 6.64. The third-order valence-electron chi connectivity index (χ3n) is 10.1. The van der Waals surface area contributed by atoms with Crippen molar-refractivity contribution < 1.29 is 9.59 Å². The van der Waals surface area contributed by atoms with Gasteiger partial charge in [-0.15, -0.1) is 0 Å². The first kappa shape index (κ1) is 45.1. The van der Waals surface area contributed by atoms with Crippen molar-refractivity contribution in [2.45, 2.75) is 243 Å². The Kier molecular flexibility index (Phi) is 38.6. The molecule has 4 nitrogen and oxygen atoms in total. The van der Waals surface area contributed by atoms with Crippen LogP contribution >= 0.6 is 0 Å². The third kappa shape index (κ3) is 40.1. The van der Waals surface area contributed by atoms with Crippen LogP contribution in [0.25, 0.3) is 0 Å². The van der Waals surface area contributed by atoms with Crippen LogP contribution in [0.1, 0.15) is 231 Å². The molecule has 6 N–H and O–H groups in total. The second-order valence-electron chi connectivity index (χ2n) is 14.8. The van der Waals surface area contributed by atoms with E-state index in [1.165, 1.54) is 218 Å². The number of nitrogens with two attached hydrogens (primary N) is 2. The van der Waals surface area contributed by atoms with Crippen LogP contribution in [0.4, 0.5) is 0 Å². The molecule has 272 valence electrons. The van der Waals surface area contributed by atoms with E-state index in [0.29, 0.717) is 12.1 Å². The minimum absolute atomic E-state index is 0.691. The molecule has 0 spiro atoms. The molecule has 0 saturated carbocycles. The van der Waals surface area contributed by atoms with Gasteiger partial charge in [0.25, 0.3) is 0 Å². The van der Waals surface area contributed by atoms with E-state index in [0.717, 1.165) is 25.9 Å². The maximum absolute atomic E-state index is 10.5. The van der Waals surface area contributed by atoms with Crippen molar-refractivity contribution in [1.82, 2.24) is 0 Å². The summed E-state index contributed by atoms with van der Waals surface area (Å²) in [5.41, 5.74) is 11.1. The quantitative estimate of drug-likeness (QED) is 0.0391. The highest BCUT2D eigenvalue weighted by Gasteiger charge is 2.27. The summed E-state index contributed by atoms with van der Waals surface area (Å²) in [4.78, 5) is 21.0. The lowest BCUT2D eigenvalue weighted by atomic mass is 10.0. The lowest BCUT2D eigenvalue weighted by Crippen LogP contribution is -2.33. The molecule has 0 aromatic rings. The zero-order chi connectivity index (χ0) is 32.8. The van der Waals surface area contributed by atoms with E-state index in [4.69, 9.17) is 11.5 Å². The van der Waals surface area contributed by atoms with Crippen molar-refractivity contribution in [3.8, 4) is 0 Å². The molecule has 0 saturated heterocycles. The smallest absolute Gasteiger partial charge is 0.332 e. The summed E-state index contributed by atoms with van der Waals surface area (Å²) in [6.45, 7) is 1.71. The molecule has 0 radical (unpaired) electrons. The van der Waals surface area contributed by atoms with Gasteiger partial charge in [-0.2, -0.15) is 0 Å². The molecule has 0 rings (SSSR count). The molecule has 0 heterocycles. The first-order valence-corrected chi connectivity index (χ1v) is 23.3. The summed E-state index contributed by atoms with van der Waals surface area (Å²) in [5, 5.41) is 0. The molecule has 0 aromatic carbocycles. The lowest BCUT2D eigenvalue weighted by molar-refractivity contribution is 0.350. The fourth-order valence-electron chi connectivity index (χ4n) is 6.89. The predicted octanol–water partition coefficient (Wildman–Crippen LogP) is 12.4. The fourth-order valence-corrected chi connectivity index (χ4v) is 8.77. The molecule has 0 amide bonds. The monoisotopic (exact) mass is 655 g/mol. The zero-order valence-electron chi connectivity index (χ0n) is 30.8.